The van der Waals surface area contributed by atoms with E-state index in [1.54, 1.807) is 0 Å². The van der Waals surface area contributed by atoms with Crippen LogP contribution in [0.25, 0.3) is 0 Å². The molecule has 0 rings (SSSR count). The van der Waals surface area contributed by atoms with Gasteiger partial charge in [-0.25, -0.2) is 9.13 Å². The van der Waals surface area contributed by atoms with E-state index in [1.165, 1.54) is 109 Å². The lowest BCUT2D eigenvalue weighted by Gasteiger charge is -2.21. The van der Waals surface area contributed by atoms with Crippen LogP contribution < -0.4 is 0 Å². The van der Waals surface area contributed by atoms with Crippen molar-refractivity contribution >= 4 is 39.5 Å². The minimum atomic E-state index is -4.95. The topological polar surface area (TPSA) is 237 Å². The maximum atomic E-state index is 13.0. The summed E-state index contributed by atoms with van der Waals surface area (Å²) in [6.07, 6.45) is 45.3. The number of ether oxygens (including phenoxy) is 4. The molecule has 0 fully saturated rings. The number of aliphatic hydroxyl groups excluding tert-OH is 1. The number of rotatable bonds is 63. The molecule has 0 saturated carbocycles. The van der Waals surface area contributed by atoms with Crippen LogP contribution >= 0.6 is 15.6 Å². The molecule has 0 aliphatic heterocycles. The number of carbonyl (C=O) groups excluding carboxylic acids is 4. The summed E-state index contributed by atoms with van der Waals surface area (Å²) < 4.78 is 67.9. The van der Waals surface area contributed by atoms with E-state index in [1.807, 2.05) is 0 Å². The van der Waals surface area contributed by atoms with Crippen molar-refractivity contribution in [2.45, 2.75) is 323 Å². The van der Waals surface area contributed by atoms with E-state index in [2.05, 4.69) is 58.9 Å². The molecule has 0 spiro atoms. The van der Waals surface area contributed by atoms with Crippen molar-refractivity contribution in [1.29, 1.82) is 0 Å². The third-order valence-corrected chi connectivity index (χ3v) is 16.3. The van der Waals surface area contributed by atoms with Crippen molar-refractivity contribution in [3.05, 3.63) is 24.3 Å². The average Bonchev–Trinajstić information content (AvgIpc) is 3.54. The lowest BCUT2D eigenvalue weighted by atomic mass is 10.0. The van der Waals surface area contributed by atoms with E-state index in [9.17, 15) is 43.2 Å². The zero-order valence-corrected chi connectivity index (χ0v) is 55.3. The number of aliphatic hydroxyl groups is 1. The fraction of sp³-hybridized carbons (Fsp3) is 0.877. The van der Waals surface area contributed by atoms with Gasteiger partial charge in [0.05, 0.1) is 26.4 Å². The molecule has 19 heteroatoms. The van der Waals surface area contributed by atoms with Gasteiger partial charge in [0.25, 0.3) is 0 Å². The predicted octanol–water partition coefficient (Wildman–Crippen LogP) is 17.7. The van der Waals surface area contributed by atoms with Crippen molar-refractivity contribution < 1.29 is 80.2 Å². The second-order valence-electron chi connectivity index (χ2n) is 23.3. The van der Waals surface area contributed by atoms with Crippen LogP contribution in [0.5, 0.6) is 0 Å². The van der Waals surface area contributed by atoms with Crippen LogP contribution in [0.1, 0.15) is 304 Å². The minimum Gasteiger partial charge on any atom is -0.462 e. The summed E-state index contributed by atoms with van der Waals surface area (Å²) in [5.74, 6) is -1.42. The molecule has 84 heavy (non-hydrogen) atoms. The molecule has 3 N–H and O–H groups in total. The molecule has 0 aromatic rings. The van der Waals surface area contributed by atoms with Crippen LogP contribution in [0, 0.1) is 5.92 Å². The molecule has 0 bridgehead atoms. The van der Waals surface area contributed by atoms with Gasteiger partial charge in [0.15, 0.2) is 12.2 Å². The summed E-state index contributed by atoms with van der Waals surface area (Å²) in [6.45, 7) is 7.07. The summed E-state index contributed by atoms with van der Waals surface area (Å²) in [5.41, 5.74) is 0. The van der Waals surface area contributed by atoms with Crippen LogP contribution in [0.15, 0.2) is 24.3 Å². The van der Waals surface area contributed by atoms with E-state index >= 15 is 0 Å². The Morgan fingerprint density at radius 1 is 0.369 bits per heavy atom. The fourth-order valence-corrected chi connectivity index (χ4v) is 10.8. The molecule has 0 heterocycles. The Morgan fingerprint density at radius 2 is 0.643 bits per heavy atom. The Bertz CT molecular complexity index is 1730. The van der Waals surface area contributed by atoms with Gasteiger partial charge in [-0.2, -0.15) is 0 Å². The Hall–Kier alpha value is -2.46. The molecule has 5 atom stereocenters. The predicted molar refractivity (Wildman–Crippen MR) is 335 cm³/mol. The first-order chi connectivity index (χ1) is 40.5. The molecule has 0 amide bonds. The fourth-order valence-electron chi connectivity index (χ4n) is 9.22. The van der Waals surface area contributed by atoms with Gasteiger partial charge in [0.2, 0.25) is 0 Å². The lowest BCUT2D eigenvalue weighted by molar-refractivity contribution is -0.161. The highest BCUT2D eigenvalue weighted by atomic mass is 31.2. The first-order valence-electron chi connectivity index (χ1n) is 33.5. The van der Waals surface area contributed by atoms with E-state index in [0.717, 1.165) is 115 Å². The molecule has 0 saturated heterocycles. The summed E-state index contributed by atoms with van der Waals surface area (Å²) >= 11 is 0. The molecule has 0 radical (unpaired) electrons. The molecular formula is C65H122O17P2. The first-order valence-corrected chi connectivity index (χ1v) is 36.4. The monoisotopic (exact) mass is 1240 g/mol. The molecule has 494 valence electrons. The minimum absolute atomic E-state index is 0.0846. The number of hydrogen-bond donors (Lipinski definition) is 3. The molecular weight excluding hydrogens is 1110 g/mol. The van der Waals surface area contributed by atoms with Crippen LogP contribution in [0.2, 0.25) is 0 Å². The van der Waals surface area contributed by atoms with Gasteiger partial charge in [-0.1, -0.05) is 252 Å². The quantitative estimate of drug-likeness (QED) is 0.0169. The number of phosphoric acid groups is 2. The summed E-state index contributed by atoms with van der Waals surface area (Å²) in [6, 6.07) is 0. The van der Waals surface area contributed by atoms with Crippen molar-refractivity contribution in [2.24, 2.45) is 5.92 Å². The number of hydrogen-bond acceptors (Lipinski definition) is 15. The number of unbranched alkanes of at least 4 members (excludes halogenated alkanes) is 32. The standard InChI is InChI=1S/C65H122O17P2/c1-6-9-12-15-18-21-22-23-24-25-26-30-36-41-46-51-65(70)82-61(55-76-63(68)49-44-39-34-31-27-29-32-37-42-47-58(4)5)57-80-84(73,74)78-53-59(66)52-77-83(71,72)79-56-60(54-75-62(67)48-43-38-33-20-17-14-11-8-3)81-64(69)50-45-40-35-28-19-16-13-10-7-2/h21-24,58-61,66H,6-20,25-57H2,1-5H3,(H,71,72)(H,73,74)/b22-21-,24-23-/t59-,60+,61+/m0/s1. The summed E-state index contributed by atoms with van der Waals surface area (Å²) in [5, 5.41) is 10.5. The molecule has 0 aliphatic rings. The van der Waals surface area contributed by atoms with Gasteiger partial charge < -0.3 is 33.8 Å². The first kappa shape index (κ1) is 81.5. The molecule has 0 aromatic carbocycles. The second-order valence-corrected chi connectivity index (χ2v) is 26.2. The van der Waals surface area contributed by atoms with Crippen LogP contribution in [0.3, 0.4) is 0 Å². The Kier molecular flexibility index (Phi) is 56.5. The molecule has 2 unspecified atom stereocenters. The van der Waals surface area contributed by atoms with Crippen molar-refractivity contribution in [2.75, 3.05) is 39.6 Å². The largest absolute Gasteiger partial charge is 0.472 e. The summed E-state index contributed by atoms with van der Waals surface area (Å²) in [4.78, 5) is 72.1. The van der Waals surface area contributed by atoms with Gasteiger partial charge in [0, 0.05) is 25.7 Å². The Balaban J connectivity index is 5.26. The van der Waals surface area contributed by atoms with Crippen LogP contribution in [0.4, 0.5) is 0 Å². The highest BCUT2D eigenvalue weighted by Crippen LogP contribution is 2.45. The van der Waals surface area contributed by atoms with Crippen molar-refractivity contribution in [1.82, 2.24) is 0 Å². The van der Waals surface area contributed by atoms with Gasteiger partial charge in [-0.15, -0.1) is 0 Å². The van der Waals surface area contributed by atoms with Crippen molar-refractivity contribution in [3.63, 3.8) is 0 Å². The maximum Gasteiger partial charge on any atom is 0.472 e. The molecule has 0 aliphatic carbocycles. The maximum absolute atomic E-state index is 13.0. The van der Waals surface area contributed by atoms with Gasteiger partial charge in [0.1, 0.15) is 19.3 Å². The van der Waals surface area contributed by atoms with Gasteiger partial charge >= 0.3 is 39.5 Å². The van der Waals surface area contributed by atoms with Gasteiger partial charge in [-0.3, -0.25) is 37.3 Å². The number of phosphoric ester groups is 2. The third kappa shape index (κ3) is 58.6. The Labute approximate surface area is 510 Å². The number of esters is 4. The van der Waals surface area contributed by atoms with Gasteiger partial charge in [-0.05, 0) is 57.3 Å². The number of allylic oxidation sites excluding steroid dienone is 4. The van der Waals surface area contributed by atoms with Crippen LogP contribution in [-0.4, -0.2) is 96.7 Å². The highest BCUT2D eigenvalue weighted by Gasteiger charge is 2.30. The Morgan fingerprint density at radius 3 is 0.976 bits per heavy atom. The average molecular weight is 1240 g/mol. The van der Waals surface area contributed by atoms with Crippen LogP contribution in [-0.2, 0) is 65.4 Å². The smallest absolute Gasteiger partial charge is 0.462 e. The van der Waals surface area contributed by atoms with E-state index in [-0.39, 0.29) is 25.7 Å². The van der Waals surface area contributed by atoms with E-state index in [4.69, 9.17) is 37.0 Å². The molecule has 0 aromatic heterocycles. The lowest BCUT2D eigenvalue weighted by Crippen LogP contribution is -2.30. The number of carbonyl (C=O) groups is 4. The third-order valence-electron chi connectivity index (χ3n) is 14.4. The van der Waals surface area contributed by atoms with E-state index in [0.29, 0.717) is 25.7 Å². The zero-order valence-electron chi connectivity index (χ0n) is 53.5. The molecule has 17 nitrogen and oxygen atoms in total. The van der Waals surface area contributed by atoms with E-state index < -0.39 is 97.5 Å². The zero-order chi connectivity index (χ0) is 62.0. The highest BCUT2D eigenvalue weighted by molar-refractivity contribution is 7.47. The van der Waals surface area contributed by atoms with Crippen molar-refractivity contribution in [3.8, 4) is 0 Å². The second kappa shape index (κ2) is 58.2. The normalized spacial score (nSPS) is 14.4. The SMILES string of the molecule is CCCCCC/C=C\C=C/CCCCCCCC(=O)O[C@H](COC(=O)CCCCCCCCCCCC(C)C)COP(=O)(O)OC[C@@H](O)COP(=O)(O)OC[C@@H](COC(=O)CCCCCCCCCC)OC(=O)CCCCCCCCCCC. The summed E-state index contributed by atoms with van der Waals surface area (Å²) in [7, 11) is -9.90.